The van der Waals surface area contributed by atoms with E-state index in [0.717, 1.165) is 24.5 Å². The standard InChI is InChI=1S/C27H36N2O4/c1-4-5-15-28(2)17-18-32-24-13-10-22(19-26(24)31-3)29-16-14-25(27(29)30)33-23-11-8-21(9-12-23)20-6-7-20/h8-13,19-20,25H,4-7,14-18H2,1-3H3/t25-/m0/s1. The van der Waals surface area contributed by atoms with E-state index in [1.165, 1.54) is 31.2 Å². The van der Waals surface area contributed by atoms with Crippen LogP contribution < -0.4 is 19.1 Å². The number of anilines is 1. The van der Waals surface area contributed by atoms with Crippen LogP contribution in [0, 0.1) is 0 Å². The molecule has 0 N–H and O–H groups in total. The van der Waals surface area contributed by atoms with Crippen molar-refractivity contribution in [2.45, 2.75) is 51.0 Å². The summed E-state index contributed by atoms with van der Waals surface area (Å²) in [7, 11) is 3.74. The van der Waals surface area contributed by atoms with Crippen LogP contribution in [0.1, 0.15) is 50.5 Å². The van der Waals surface area contributed by atoms with Gasteiger partial charge in [-0.2, -0.15) is 0 Å². The van der Waals surface area contributed by atoms with Crippen LogP contribution in [0.3, 0.4) is 0 Å². The van der Waals surface area contributed by atoms with Crippen molar-refractivity contribution in [3.8, 4) is 17.2 Å². The molecule has 1 amide bonds. The third-order valence-electron chi connectivity index (χ3n) is 6.45. The second kappa shape index (κ2) is 10.9. The number of benzene rings is 2. The summed E-state index contributed by atoms with van der Waals surface area (Å²) in [4.78, 5) is 17.1. The van der Waals surface area contributed by atoms with Gasteiger partial charge in [-0.15, -0.1) is 0 Å². The van der Waals surface area contributed by atoms with Crippen LogP contribution in [-0.2, 0) is 4.79 Å². The highest BCUT2D eigenvalue weighted by Crippen LogP contribution is 2.40. The Bertz CT molecular complexity index is 926. The zero-order valence-electron chi connectivity index (χ0n) is 20.1. The molecule has 6 heteroatoms. The van der Waals surface area contributed by atoms with Gasteiger partial charge in [-0.3, -0.25) is 4.79 Å². The highest BCUT2D eigenvalue weighted by Gasteiger charge is 2.35. The van der Waals surface area contributed by atoms with E-state index in [0.29, 0.717) is 37.0 Å². The number of likely N-dealkylation sites (N-methyl/N-ethyl adjacent to an activating group) is 1. The number of rotatable bonds is 12. The lowest BCUT2D eigenvalue weighted by molar-refractivity contribution is -0.122. The molecule has 33 heavy (non-hydrogen) atoms. The van der Waals surface area contributed by atoms with Crippen LogP contribution in [0.5, 0.6) is 17.2 Å². The lowest BCUT2D eigenvalue weighted by atomic mass is 10.1. The number of nitrogens with zero attached hydrogens (tertiary/aromatic N) is 2. The summed E-state index contributed by atoms with van der Waals surface area (Å²) < 4.78 is 17.5. The van der Waals surface area contributed by atoms with E-state index < -0.39 is 6.10 Å². The van der Waals surface area contributed by atoms with Crippen molar-refractivity contribution in [2.75, 3.05) is 45.3 Å². The minimum atomic E-state index is -0.461. The molecule has 1 heterocycles. The van der Waals surface area contributed by atoms with Gasteiger partial charge in [0.1, 0.15) is 12.4 Å². The fraction of sp³-hybridized carbons (Fsp3) is 0.519. The SMILES string of the molecule is CCCCN(C)CCOc1ccc(N2CC[C@H](Oc3ccc(C4CC4)cc3)C2=O)cc1OC. The Hall–Kier alpha value is -2.73. The van der Waals surface area contributed by atoms with E-state index in [9.17, 15) is 4.79 Å². The smallest absolute Gasteiger partial charge is 0.268 e. The first-order valence-corrected chi connectivity index (χ1v) is 12.2. The van der Waals surface area contributed by atoms with Crippen LogP contribution in [0.15, 0.2) is 42.5 Å². The van der Waals surface area contributed by atoms with Gasteiger partial charge >= 0.3 is 0 Å². The van der Waals surface area contributed by atoms with Crippen LogP contribution in [0.25, 0.3) is 0 Å². The average Bonchev–Trinajstić information content (AvgIpc) is 3.62. The van der Waals surface area contributed by atoms with E-state index in [-0.39, 0.29) is 5.91 Å². The normalized spacial score (nSPS) is 18.1. The fourth-order valence-corrected chi connectivity index (χ4v) is 4.21. The van der Waals surface area contributed by atoms with Gasteiger partial charge in [0.05, 0.1) is 7.11 Å². The minimum Gasteiger partial charge on any atom is -0.493 e. The Labute approximate surface area is 197 Å². The van der Waals surface area contributed by atoms with Crippen molar-refractivity contribution in [2.24, 2.45) is 0 Å². The van der Waals surface area contributed by atoms with Crippen molar-refractivity contribution < 1.29 is 19.0 Å². The Morgan fingerprint density at radius 3 is 2.52 bits per heavy atom. The Morgan fingerprint density at radius 2 is 1.82 bits per heavy atom. The maximum atomic E-state index is 13.0. The summed E-state index contributed by atoms with van der Waals surface area (Å²) in [5.41, 5.74) is 2.17. The Kier molecular flexibility index (Phi) is 7.76. The molecule has 1 atom stereocenters. The van der Waals surface area contributed by atoms with Gasteiger partial charge < -0.3 is 24.0 Å². The average molecular weight is 453 g/mol. The van der Waals surface area contributed by atoms with Gasteiger partial charge in [-0.25, -0.2) is 0 Å². The Morgan fingerprint density at radius 1 is 1.03 bits per heavy atom. The first-order chi connectivity index (χ1) is 16.1. The first kappa shape index (κ1) is 23.4. The molecule has 1 saturated carbocycles. The zero-order valence-corrected chi connectivity index (χ0v) is 20.1. The van der Waals surface area contributed by atoms with Gasteiger partial charge in [0.15, 0.2) is 17.6 Å². The van der Waals surface area contributed by atoms with Gasteiger partial charge in [0.25, 0.3) is 5.91 Å². The molecule has 1 saturated heterocycles. The van der Waals surface area contributed by atoms with Crippen LogP contribution in [0.2, 0.25) is 0 Å². The summed E-state index contributed by atoms with van der Waals surface area (Å²) in [6.07, 6.45) is 5.13. The second-order valence-corrected chi connectivity index (χ2v) is 9.07. The highest BCUT2D eigenvalue weighted by atomic mass is 16.5. The van der Waals surface area contributed by atoms with E-state index in [1.54, 1.807) is 12.0 Å². The van der Waals surface area contributed by atoms with Crippen molar-refractivity contribution in [3.05, 3.63) is 48.0 Å². The summed E-state index contributed by atoms with van der Waals surface area (Å²) >= 11 is 0. The molecule has 0 spiro atoms. The van der Waals surface area contributed by atoms with Crippen molar-refractivity contribution in [3.63, 3.8) is 0 Å². The lowest BCUT2D eigenvalue weighted by Gasteiger charge is -2.20. The number of carbonyl (C=O) groups excluding carboxylic acids is 1. The predicted octanol–water partition coefficient (Wildman–Crippen LogP) is 4.87. The van der Waals surface area contributed by atoms with Gasteiger partial charge in [-0.05, 0) is 68.6 Å². The highest BCUT2D eigenvalue weighted by molar-refractivity contribution is 5.99. The molecule has 2 aromatic carbocycles. The fourth-order valence-electron chi connectivity index (χ4n) is 4.21. The number of ether oxygens (including phenoxy) is 3. The largest absolute Gasteiger partial charge is 0.493 e. The Balaban J connectivity index is 1.33. The summed E-state index contributed by atoms with van der Waals surface area (Å²) in [5.74, 6) is 2.78. The molecule has 2 fully saturated rings. The molecule has 0 unspecified atom stereocenters. The summed E-state index contributed by atoms with van der Waals surface area (Å²) in [5, 5.41) is 0. The van der Waals surface area contributed by atoms with E-state index in [4.69, 9.17) is 14.2 Å². The first-order valence-electron chi connectivity index (χ1n) is 12.2. The van der Waals surface area contributed by atoms with Crippen LogP contribution in [-0.4, -0.2) is 57.3 Å². The van der Waals surface area contributed by atoms with E-state index >= 15 is 0 Å². The van der Waals surface area contributed by atoms with E-state index in [1.807, 2.05) is 30.3 Å². The maximum Gasteiger partial charge on any atom is 0.268 e. The number of unbranched alkanes of at least 4 members (excludes halogenated alkanes) is 1. The molecular weight excluding hydrogens is 416 g/mol. The zero-order chi connectivity index (χ0) is 23.2. The maximum absolute atomic E-state index is 13.0. The number of hydrogen-bond donors (Lipinski definition) is 0. The molecule has 1 aliphatic carbocycles. The molecule has 2 aromatic rings. The topological polar surface area (TPSA) is 51.2 Å². The number of methoxy groups -OCH3 is 1. The second-order valence-electron chi connectivity index (χ2n) is 9.07. The molecule has 4 rings (SSSR count). The van der Waals surface area contributed by atoms with Gasteiger partial charge in [-0.1, -0.05) is 25.5 Å². The lowest BCUT2D eigenvalue weighted by Crippen LogP contribution is -2.32. The van der Waals surface area contributed by atoms with E-state index in [2.05, 4.69) is 31.0 Å². The number of hydrogen-bond acceptors (Lipinski definition) is 5. The number of carbonyl (C=O) groups is 1. The minimum absolute atomic E-state index is 0.0189. The quantitative estimate of drug-likeness (QED) is 0.460. The predicted molar refractivity (Wildman–Crippen MR) is 131 cm³/mol. The monoisotopic (exact) mass is 452 g/mol. The van der Waals surface area contributed by atoms with Crippen LogP contribution >= 0.6 is 0 Å². The molecule has 0 radical (unpaired) electrons. The molecule has 0 bridgehead atoms. The molecule has 2 aliphatic rings. The summed E-state index contributed by atoms with van der Waals surface area (Å²) in [6.45, 7) is 5.34. The van der Waals surface area contributed by atoms with Crippen molar-refractivity contribution >= 4 is 11.6 Å². The molecular formula is C27H36N2O4. The molecule has 6 nitrogen and oxygen atoms in total. The molecule has 1 aliphatic heterocycles. The third kappa shape index (κ3) is 5.99. The third-order valence-corrected chi connectivity index (χ3v) is 6.45. The molecule has 178 valence electrons. The summed E-state index contributed by atoms with van der Waals surface area (Å²) in [6, 6.07) is 13.9. The number of amides is 1. The van der Waals surface area contributed by atoms with Crippen molar-refractivity contribution in [1.29, 1.82) is 0 Å². The van der Waals surface area contributed by atoms with Crippen molar-refractivity contribution in [1.82, 2.24) is 4.90 Å². The van der Waals surface area contributed by atoms with Gasteiger partial charge in [0, 0.05) is 31.3 Å². The van der Waals surface area contributed by atoms with Crippen LogP contribution in [0.4, 0.5) is 5.69 Å². The van der Waals surface area contributed by atoms with Gasteiger partial charge in [0.2, 0.25) is 0 Å². The molecule has 0 aromatic heterocycles.